The Labute approximate surface area is 122 Å². The quantitative estimate of drug-likeness (QED) is 0.908. The molecule has 1 saturated carbocycles. The molecule has 0 aromatic carbocycles. The molecule has 0 saturated heterocycles. The Kier molecular flexibility index (Phi) is 4.69. The summed E-state index contributed by atoms with van der Waals surface area (Å²) in [4.78, 5) is 4.32. The average Bonchev–Trinajstić information content (AvgIpc) is 2.45. The molecule has 1 aromatic rings. The molecule has 3 nitrogen and oxygen atoms in total. The summed E-state index contributed by atoms with van der Waals surface area (Å²) in [5, 5.41) is 10.6. The van der Waals surface area contributed by atoms with Gasteiger partial charge in [-0.1, -0.05) is 20.8 Å². The van der Waals surface area contributed by atoms with E-state index < -0.39 is 6.10 Å². The number of aromatic nitrogens is 1. The van der Waals surface area contributed by atoms with E-state index in [1.54, 1.807) is 13.3 Å². The fourth-order valence-corrected chi connectivity index (χ4v) is 3.32. The second-order valence-corrected chi connectivity index (χ2v) is 7.01. The summed E-state index contributed by atoms with van der Waals surface area (Å²) in [6.07, 6.45) is 5.75. The lowest BCUT2D eigenvalue weighted by Crippen LogP contribution is -2.28. The lowest BCUT2D eigenvalue weighted by Gasteiger charge is -2.38. The van der Waals surface area contributed by atoms with Gasteiger partial charge in [0.15, 0.2) is 0 Å². The van der Waals surface area contributed by atoms with Crippen LogP contribution in [0.25, 0.3) is 0 Å². The Morgan fingerprint density at radius 3 is 2.45 bits per heavy atom. The summed E-state index contributed by atoms with van der Waals surface area (Å²) in [7, 11) is 1.63. The van der Waals surface area contributed by atoms with E-state index in [1.165, 1.54) is 12.8 Å². The van der Waals surface area contributed by atoms with Gasteiger partial charge >= 0.3 is 0 Å². The molecule has 1 heterocycles. The SMILES string of the molecule is COc1cccnc1C(O)C1CCC(C(C)(C)C)CC1. The lowest BCUT2D eigenvalue weighted by atomic mass is 9.68. The fourth-order valence-electron chi connectivity index (χ4n) is 3.32. The van der Waals surface area contributed by atoms with Crippen LogP contribution in [0.1, 0.15) is 58.3 Å². The highest BCUT2D eigenvalue weighted by molar-refractivity contribution is 5.29. The molecule has 1 unspecified atom stereocenters. The van der Waals surface area contributed by atoms with Crippen LogP contribution in [0.15, 0.2) is 18.3 Å². The molecule has 3 heteroatoms. The first kappa shape index (κ1) is 15.3. The summed E-state index contributed by atoms with van der Waals surface area (Å²) in [5.41, 5.74) is 1.06. The minimum atomic E-state index is -0.507. The van der Waals surface area contributed by atoms with Gasteiger partial charge in [-0.25, -0.2) is 0 Å². The molecule has 2 rings (SSSR count). The van der Waals surface area contributed by atoms with Crippen molar-refractivity contribution >= 4 is 0 Å². The Balaban J connectivity index is 2.03. The number of hydrogen-bond donors (Lipinski definition) is 1. The highest BCUT2D eigenvalue weighted by Gasteiger charge is 2.33. The van der Waals surface area contributed by atoms with E-state index in [1.807, 2.05) is 12.1 Å². The summed E-state index contributed by atoms with van der Waals surface area (Å²) >= 11 is 0. The number of pyridine rings is 1. The molecule has 1 aromatic heterocycles. The minimum Gasteiger partial charge on any atom is -0.495 e. The molecule has 0 amide bonds. The largest absolute Gasteiger partial charge is 0.495 e. The zero-order valence-corrected chi connectivity index (χ0v) is 13.1. The van der Waals surface area contributed by atoms with Crippen molar-refractivity contribution < 1.29 is 9.84 Å². The summed E-state index contributed by atoms with van der Waals surface area (Å²) in [5.74, 6) is 1.76. The van der Waals surface area contributed by atoms with Gasteiger partial charge in [0.25, 0.3) is 0 Å². The van der Waals surface area contributed by atoms with Crippen molar-refractivity contribution in [3.63, 3.8) is 0 Å². The summed E-state index contributed by atoms with van der Waals surface area (Å²) < 4.78 is 5.31. The maximum Gasteiger partial charge on any atom is 0.143 e. The van der Waals surface area contributed by atoms with Crippen LogP contribution in [0, 0.1) is 17.3 Å². The van der Waals surface area contributed by atoms with Crippen molar-refractivity contribution in [3.8, 4) is 5.75 Å². The first-order chi connectivity index (χ1) is 9.43. The zero-order chi connectivity index (χ0) is 14.8. The van der Waals surface area contributed by atoms with Crippen LogP contribution >= 0.6 is 0 Å². The van der Waals surface area contributed by atoms with Crippen LogP contribution in [0.3, 0.4) is 0 Å². The van der Waals surface area contributed by atoms with E-state index in [9.17, 15) is 5.11 Å². The molecule has 0 spiro atoms. The maximum absolute atomic E-state index is 10.6. The van der Waals surface area contributed by atoms with Gasteiger partial charge < -0.3 is 9.84 Å². The van der Waals surface area contributed by atoms with Crippen LogP contribution in [-0.2, 0) is 0 Å². The van der Waals surface area contributed by atoms with Gasteiger partial charge in [-0.15, -0.1) is 0 Å². The lowest BCUT2D eigenvalue weighted by molar-refractivity contribution is 0.0486. The van der Waals surface area contributed by atoms with Gasteiger partial charge in [-0.3, -0.25) is 4.98 Å². The summed E-state index contributed by atoms with van der Waals surface area (Å²) in [6, 6.07) is 3.71. The second kappa shape index (κ2) is 6.13. The second-order valence-electron chi connectivity index (χ2n) is 7.01. The smallest absolute Gasteiger partial charge is 0.143 e. The predicted octanol–water partition coefficient (Wildman–Crippen LogP) is 3.98. The molecule has 1 fully saturated rings. The molecule has 0 aliphatic heterocycles. The van der Waals surface area contributed by atoms with Crippen molar-refractivity contribution in [1.82, 2.24) is 4.98 Å². The predicted molar refractivity (Wildman–Crippen MR) is 80.7 cm³/mol. The number of methoxy groups -OCH3 is 1. The Bertz CT molecular complexity index is 431. The molecule has 1 N–H and O–H groups in total. The third kappa shape index (κ3) is 3.32. The van der Waals surface area contributed by atoms with Crippen molar-refractivity contribution in [3.05, 3.63) is 24.0 Å². The number of aliphatic hydroxyl groups excluding tert-OH is 1. The first-order valence-corrected chi connectivity index (χ1v) is 7.60. The third-order valence-electron chi connectivity index (χ3n) is 4.74. The van der Waals surface area contributed by atoms with Crippen LogP contribution in [0.5, 0.6) is 5.75 Å². The van der Waals surface area contributed by atoms with Gasteiger partial charge in [-0.05, 0) is 55.1 Å². The number of rotatable bonds is 3. The van der Waals surface area contributed by atoms with E-state index in [2.05, 4.69) is 25.8 Å². The molecule has 1 aliphatic rings. The highest BCUT2D eigenvalue weighted by atomic mass is 16.5. The van der Waals surface area contributed by atoms with Gasteiger partial charge in [0, 0.05) is 6.20 Å². The maximum atomic E-state index is 10.6. The van der Waals surface area contributed by atoms with Crippen LogP contribution in [-0.4, -0.2) is 17.2 Å². The number of nitrogens with zero attached hydrogens (tertiary/aromatic N) is 1. The van der Waals surface area contributed by atoms with Crippen molar-refractivity contribution in [1.29, 1.82) is 0 Å². The molecule has 0 bridgehead atoms. The molecule has 112 valence electrons. The third-order valence-corrected chi connectivity index (χ3v) is 4.74. The van der Waals surface area contributed by atoms with E-state index in [0.29, 0.717) is 22.8 Å². The average molecular weight is 277 g/mol. The molecule has 1 atom stereocenters. The molecule has 0 radical (unpaired) electrons. The van der Waals surface area contributed by atoms with Gasteiger partial charge in [0.05, 0.1) is 7.11 Å². The monoisotopic (exact) mass is 277 g/mol. The summed E-state index contributed by atoms with van der Waals surface area (Å²) in [6.45, 7) is 6.95. The van der Waals surface area contributed by atoms with Crippen molar-refractivity contribution in [2.75, 3.05) is 7.11 Å². The standard InChI is InChI=1S/C17H27NO2/c1-17(2,3)13-9-7-12(8-10-13)16(19)15-14(20-4)6-5-11-18-15/h5-6,11-13,16,19H,7-10H2,1-4H3. The Hall–Kier alpha value is -1.09. The van der Waals surface area contributed by atoms with Gasteiger partial charge in [0.1, 0.15) is 17.5 Å². The minimum absolute atomic E-state index is 0.303. The van der Waals surface area contributed by atoms with Crippen molar-refractivity contribution in [2.45, 2.75) is 52.6 Å². The molecule has 1 aliphatic carbocycles. The Morgan fingerprint density at radius 1 is 1.25 bits per heavy atom. The topological polar surface area (TPSA) is 42.4 Å². The normalized spacial score (nSPS) is 25.2. The zero-order valence-electron chi connectivity index (χ0n) is 13.1. The van der Waals surface area contributed by atoms with Gasteiger partial charge in [-0.2, -0.15) is 0 Å². The first-order valence-electron chi connectivity index (χ1n) is 7.60. The highest BCUT2D eigenvalue weighted by Crippen LogP contribution is 2.44. The number of aliphatic hydroxyl groups is 1. The molecule has 20 heavy (non-hydrogen) atoms. The van der Waals surface area contributed by atoms with Crippen molar-refractivity contribution in [2.24, 2.45) is 17.3 Å². The van der Waals surface area contributed by atoms with Crippen LogP contribution < -0.4 is 4.74 Å². The van der Waals surface area contributed by atoms with Crippen LogP contribution in [0.2, 0.25) is 0 Å². The number of hydrogen-bond acceptors (Lipinski definition) is 3. The van der Waals surface area contributed by atoms with E-state index in [4.69, 9.17) is 4.74 Å². The molecular formula is C17H27NO2. The van der Waals surface area contributed by atoms with Gasteiger partial charge in [0.2, 0.25) is 0 Å². The Morgan fingerprint density at radius 2 is 1.90 bits per heavy atom. The van der Waals surface area contributed by atoms with E-state index in [0.717, 1.165) is 18.8 Å². The number of ether oxygens (including phenoxy) is 1. The molecular weight excluding hydrogens is 250 g/mol. The fraction of sp³-hybridized carbons (Fsp3) is 0.706. The van der Waals surface area contributed by atoms with E-state index in [-0.39, 0.29) is 0 Å². The van der Waals surface area contributed by atoms with Crippen LogP contribution in [0.4, 0.5) is 0 Å². The van der Waals surface area contributed by atoms with E-state index >= 15 is 0 Å².